The van der Waals surface area contributed by atoms with Crippen LogP contribution in [0.4, 0.5) is 0 Å². The Bertz CT molecular complexity index is 573. The molecule has 0 amide bonds. The Morgan fingerprint density at radius 3 is 3.05 bits per heavy atom. The van der Waals surface area contributed by atoms with Gasteiger partial charge in [-0.25, -0.2) is 0 Å². The highest BCUT2D eigenvalue weighted by Crippen LogP contribution is 2.23. The van der Waals surface area contributed by atoms with Crippen LogP contribution in [0.2, 0.25) is 0 Å². The average Bonchev–Trinajstić information content (AvgIpc) is 2.89. The lowest BCUT2D eigenvalue weighted by molar-refractivity contribution is 0.190. The second kappa shape index (κ2) is 6.30. The van der Waals surface area contributed by atoms with Gasteiger partial charge in [0.25, 0.3) is 5.89 Å². The largest absolute Gasteiger partial charge is 0.332 e. The molecule has 0 aromatic carbocycles. The topological polar surface area (TPSA) is 67.1 Å². The Morgan fingerprint density at radius 1 is 1.45 bits per heavy atom. The van der Waals surface area contributed by atoms with E-state index in [4.69, 9.17) is 4.52 Å². The number of nitrogens with one attached hydrogen (secondary N) is 1. The van der Waals surface area contributed by atoms with E-state index in [1.165, 1.54) is 0 Å². The van der Waals surface area contributed by atoms with Gasteiger partial charge in [0.15, 0.2) is 5.82 Å². The van der Waals surface area contributed by atoms with E-state index < -0.39 is 0 Å². The quantitative estimate of drug-likeness (QED) is 0.904. The lowest BCUT2D eigenvalue weighted by Crippen LogP contribution is -2.44. The zero-order chi connectivity index (χ0) is 13.2. The summed E-state index contributed by atoms with van der Waals surface area (Å²) in [4.78, 5) is 11.0. The van der Waals surface area contributed by atoms with Crippen molar-refractivity contribution in [1.29, 1.82) is 0 Å². The number of piperazine rings is 1. The summed E-state index contributed by atoms with van der Waals surface area (Å²) < 4.78 is 5.36. The molecule has 1 saturated heterocycles. The van der Waals surface area contributed by atoms with Gasteiger partial charge in [-0.2, -0.15) is 4.98 Å². The highest BCUT2D eigenvalue weighted by Gasteiger charge is 2.25. The number of nitrogens with zero attached hydrogens (tertiary/aromatic N) is 4. The number of rotatable bonds is 2. The molecular formula is C13H18ClN5O. The Labute approximate surface area is 124 Å². The smallest absolute Gasteiger partial charge is 0.276 e. The normalized spacial score (nSPS) is 19.6. The minimum atomic E-state index is 0. The van der Waals surface area contributed by atoms with Crippen LogP contribution < -0.4 is 5.32 Å². The van der Waals surface area contributed by atoms with Crippen molar-refractivity contribution in [3.05, 3.63) is 29.7 Å². The maximum absolute atomic E-state index is 5.36. The lowest BCUT2D eigenvalue weighted by Gasteiger charge is -2.30. The van der Waals surface area contributed by atoms with Crippen LogP contribution in [-0.2, 0) is 0 Å². The molecule has 1 atom stereocenters. The fourth-order valence-corrected chi connectivity index (χ4v) is 2.27. The van der Waals surface area contributed by atoms with E-state index in [2.05, 4.69) is 32.4 Å². The van der Waals surface area contributed by atoms with Crippen molar-refractivity contribution in [3.63, 3.8) is 0 Å². The van der Waals surface area contributed by atoms with E-state index in [9.17, 15) is 0 Å². The third-order valence-electron chi connectivity index (χ3n) is 3.46. The Kier molecular flexibility index (Phi) is 4.69. The molecule has 3 heterocycles. The molecule has 2 aromatic rings. The molecule has 0 saturated carbocycles. The van der Waals surface area contributed by atoms with Gasteiger partial charge < -0.3 is 9.84 Å². The maximum atomic E-state index is 5.36. The molecular weight excluding hydrogens is 278 g/mol. The summed E-state index contributed by atoms with van der Waals surface area (Å²) in [7, 11) is 2.08. The van der Waals surface area contributed by atoms with Crippen molar-refractivity contribution in [2.75, 3.05) is 26.7 Å². The summed E-state index contributed by atoms with van der Waals surface area (Å²) >= 11 is 0. The molecule has 2 aromatic heterocycles. The molecule has 20 heavy (non-hydrogen) atoms. The molecule has 3 rings (SSSR count). The summed E-state index contributed by atoms with van der Waals surface area (Å²) in [5.74, 6) is 1.21. The fraction of sp³-hybridized carbons (Fsp3) is 0.462. The standard InChI is InChI=1S/C13H17N5O.ClH/c1-9-4-3-5-15-11(9)13-16-12(17-19-13)10-8-14-6-7-18(10)2;/h3-5,10,14H,6-8H2,1-2H3;1H. The van der Waals surface area contributed by atoms with Crippen LogP contribution in [0.3, 0.4) is 0 Å². The number of pyridine rings is 1. The van der Waals surface area contributed by atoms with E-state index in [1.54, 1.807) is 6.20 Å². The minimum Gasteiger partial charge on any atom is -0.332 e. The van der Waals surface area contributed by atoms with E-state index in [0.717, 1.165) is 36.7 Å². The first-order chi connectivity index (χ1) is 9.25. The molecule has 0 spiro atoms. The fourth-order valence-electron chi connectivity index (χ4n) is 2.27. The molecule has 7 heteroatoms. The van der Waals surface area contributed by atoms with Gasteiger partial charge in [-0.3, -0.25) is 9.88 Å². The van der Waals surface area contributed by atoms with Crippen LogP contribution in [0.5, 0.6) is 0 Å². The zero-order valence-electron chi connectivity index (χ0n) is 11.5. The number of hydrogen-bond donors (Lipinski definition) is 1. The molecule has 0 radical (unpaired) electrons. The van der Waals surface area contributed by atoms with Gasteiger partial charge >= 0.3 is 0 Å². The van der Waals surface area contributed by atoms with Crippen LogP contribution >= 0.6 is 12.4 Å². The Morgan fingerprint density at radius 2 is 2.30 bits per heavy atom. The summed E-state index contributed by atoms with van der Waals surface area (Å²) in [5.41, 5.74) is 1.79. The molecule has 1 N–H and O–H groups in total. The predicted molar refractivity (Wildman–Crippen MR) is 77.8 cm³/mol. The number of aromatic nitrogens is 3. The molecule has 0 bridgehead atoms. The van der Waals surface area contributed by atoms with Crippen molar-refractivity contribution in [1.82, 2.24) is 25.3 Å². The van der Waals surface area contributed by atoms with Gasteiger partial charge in [-0.1, -0.05) is 11.2 Å². The summed E-state index contributed by atoms with van der Waals surface area (Å²) in [6.07, 6.45) is 1.74. The van der Waals surface area contributed by atoms with E-state index in [0.29, 0.717) is 5.89 Å². The van der Waals surface area contributed by atoms with E-state index in [-0.39, 0.29) is 18.4 Å². The summed E-state index contributed by atoms with van der Waals surface area (Å²) in [6.45, 7) is 4.81. The number of hydrogen-bond acceptors (Lipinski definition) is 6. The second-order valence-corrected chi connectivity index (χ2v) is 4.83. The van der Waals surface area contributed by atoms with Gasteiger partial charge in [0.05, 0.1) is 6.04 Å². The second-order valence-electron chi connectivity index (χ2n) is 4.83. The number of likely N-dealkylation sites (N-methyl/N-ethyl adjacent to an activating group) is 1. The first-order valence-corrected chi connectivity index (χ1v) is 6.42. The van der Waals surface area contributed by atoms with E-state index >= 15 is 0 Å². The van der Waals surface area contributed by atoms with Crippen LogP contribution in [0, 0.1) is 6.92 Å². The van der Waals surface area contributed by atoms with Crippen LogP contribution in [0.1, 0.15) is 17.4 Å². The molecule has 1 aliphatic heterocycles. The SMILES string of the molecule is Cc1cccnc1-c1nc(C2CNCCN2C)no1.Cl. The van der Waals surface area contributed by atoms with Gasteiger partial charge in [-0.15, -0.1) is 12.4 Å². The van der Waals surface area contributed by atoms with Gasteiger partial charge in [0, 0.05) is 25.8 Å². The summed E-state index contributed by atoms with van der Waals surface area (Å²) in [5, 5.41) is 7.45. The average molecular weight is 296 g/mol. The molecule has 6 nitrogen and oxygen atoms in total. The molecule has 1 unspecified atom stereocenters. The van der Waals surface area contributed by atoms with Gasteiger partial charge in [0.1, 0.15) is 5.69 Å². The van der Waals surface area contributed by atoms with Crippen molar-refractivity contribution in [3.8, 4) is 11.6 Å². The molecule has 1 aliphatic rings. The third-order valence-corrected chi connectivity index (χ3v) is 3.46. The van der Waals surface area contributed by atoms with Crippen molar-refractivity contribution in [2.45, 2.75) is 13.0 Å². The highest BCUT2D eigenvalue weighted by atomic mass is 35.5. The number of halogens is 1. The maximum Gasteiger partial charge on any atom is 0.276 e. The Balaban J connectivity index is 0.00000147. The van der Waals surface area contributed by atoms with E-state index in [1.807, 2.05) is 19.1 Å². The monoisotopic (exact) mass is 295 g/mol. The highest BCUT2D eigenvalue weighted by molar-refractivity contribution is 5.85. The van der Waals surface area contributed by atoms with Crippen molar-refractivity contribution < 1.29 is 4.52 Å². The number of aryl methyl sites for hydroxylation is 1. The zero-order valence-corrected chi connectivity index (χ0v) is 12.4. The van der Waals surface area contributed by atoms with Crippen LogP contribution in [0.15, 0.2) is 22.9 Å². The van der Waals surface area contributed by atoms with Gasteiger partial charge in [-0.05, 0) is 25.6 Å². The van der Waals surface area contributed by atoms with Crippen molar-refractivity contribution >= 4 is 12.4 Å². The molecule has 1 fully saturated rings. The molecule has 0 aliphatic carbocycles. The third kappa shape index (κ3) is 2.82. The minimum absolute atomic E-state index is 0. The first kappa shape index (κ1) is 14.9. The molecule has 108 valence electrons. The van der Waals surface area contributed by atoms with Crippen LogP contribution in [0.25, 0.3) is 11.6 Å². The first-order valence-electron chi connectivity index (χ1n) is 6.42. The van der Waals surface area contributed by atoms with Gasteiger partial charge in [0.2, 0.25) is 0 Å². The predicted octanol–water partition coefficient (Wildman–Crippen LogP) is 1.44. The van der Waals surface area contributed by atoms with Crippen molar-refractivity contribution in [2.24, 2.45) is 0 Å². The lowest BCUT2D eigenvalue weighted by atomic mass is 10.2. The Hall–Kier alpha value is -1.50. The summed E-state index contributed by atoms with van der Waals surface area (Å²) in [6, 6.07) is 4.05. The van der Waals surface area contributed by atoms with Crippen LogP contribution in [-0.4, -0.2) is 46.7 Å².